The minimum atomic E-state index is -0.687. The van der Waals surface area contributed by atoms with Gasteiger partial charge < -0.3 is 14.8 Å². The number of halogens is 1. The van der Waals surface area contributed by atoms with Gasteiger partial charge >= 0.3 is 5.97 Å². The first-order chi connectivity index (χ1) is 14.9. The van der Waals surface area contributed by atoms with Gasteiger partial charge in [-0.1, -0.05) is 28.1 Å². The number of methoxy groups -OCH3 is 1. The van der Waals surface area contributed by atoms with Gasteiger partial charge in [-0.25, -0.2) is 0 Å². The second-order valence-electron chi connectivity index (χ2n) is 6.27. The summed E-state index contributed by atoms with van der Waals surface area (Å²) in [7, 11) is 1.50. The number of amides is 3. The molecule has 0 spiro atoms. The molecule has 3 N–H and O–H groups in total. The van der Waals surface area contributed by atoms with Crippen LogP contribution in [0.2, 0.25) is 0 Å². The summed E-state index contributed by atoms with van der Waals surface area (Å²) in [4.78, 5) is 47.3. The summed E-state index contributed by atoms with van der Waals surface area (Å²) in [5.74, 6) is -1.56. The van der Waals surface area contributed by atoms with Crippen molar-refractivity contribution < 1.29 is 28.7 Å². The standard InChI is InChI=1S/C21H22BrN3O6/c1-30-17-6-3-2-5-16(17)23-18(26)7-4-8-20(28)31-13-19(27)24-25-21(29)14-9-11-15(22)12-10-14/h2-3,5-6,9-12H,4,7-8,13H2,1H3,(H,23,26)(H,24,27)(H,25,29). The molecule has 164 valence electrons. The Morgan fingerprint density at radius 3 is 2.32 bits per heavy atom. The van der Waals surface area contributed by atoms with Crippen molar-refractivity contribution in [3.8, 4) is 5.75 Å². The van der Waals surface area contributed by atoms with Gasteiger partial charge in [0.25, 0.3) is 11.8 Å². The van der Waals surface area contributed by atoms with E-state index in [9.17, 15) is 19.2 Å². The number of carbonyl (C=O) groups is 4. The maximum absolute atomic E-state index is 12.0. The van der Waals surface area contributed by atoms with Crippen molar-refractivity contribution in [1.29, 1.82) is 0 Å². The minimum absolute atomic E-state index is 0.0299. The Balaban J connectivity index is 1.61. The zero-order valence-corrected chi connectivity index (χ0v) is 18.4. The molecule has 0 aliphatic heterocycles. The molecule has 0 heterocycles. The monoisotopic (exact) mass is 491 g/mol. The van der Waals surface area contributed by atoms with Crippen LogP contribution in [0.3, 0.4) is 0 Å². The number of nitrogens with one attached hydrogen (secondary N) is 3. The van der Waals surface area contributed by atoms with Crippen LogP contribution in [0.5, 0.6) is 5.75 Å². The summed E-state index contributed by atoms with van der Waals surface area (Å²) in [5, 5.41) is 2.71. The molecule has 9 nitrogen and oxygen atoms in total. The Kier molecular flexibility index (Phi) is 9.50. The zero-order chi connectivity index (χ0) is 22.6. The van der Waals surface area contributed by atoms with Gasteiger partial charge in [-0.05, 0) is 42.8 Å². The van der Waals surface area contributed by atoms with Crippen molar-refractivity contribution in [3.05, 3.63) is 58.6 Å². The third-order valence-corrected chi connectivity index (χ3v) is 4.48. The summed E-state index contributed by atoms with van der Waals surface area (Å²) in [5.41, 5.74) is 5.28. The number of hydrazine groups is 1. The first kappa shape index (κ1) is 23.9. The number of para-hydroxylation sites is 2. The van der Waals surface area contributed by atoms with Crippen molar-refractivity contribution in [3.63, 3.8) is 0 Å². The topological polar surface area (TPSA) is 123 Å². The van der Waals surface area contributed by atoms with Gasteiger partial charge in [-0.2, -0.15) is 0 Å². The van der Waals surface area contributed by atoms with E-state index in [-0.39, 0.29) is 25.2 Å². The van der Waals surface area contributed by atoms with E-state index in [4.69, 9.17) is 9.47 Å². The molecule has 10 heteroatoms. The lowest BCUT2D eigenvalue weighted by molar-refractivity contribution is -0.148. The molecule has 0 aromatic heterocycles. The lowest BCUT2D eigenvalue weighted by Crippen LogP contribution is -2.43. The number of hydrogen-bond donors (Lipinski definition) is 3. The molecule has 0 atom stereocenters. The highest BCUT2D eigenvalue weighted by molar-refractivity contribution is 9.10. The van der Waals surface area contributed by atoms with Crippen LogP contribution in [0.25, 0.3) is 0 Å². The van der Waals surface area contributed by atoms with Gasteiger partial charge in [0.2, 0.25) is 5.91 Å². The number of esters is 1. The average molecular weight is 492 g/mol. The summed E-state index contributed by atoms with van der Waals surface area (Å²) in [6.07, 6.45) is 0.322. The molecule has 3 amide bonds. The van der Waals surface area contributed by atoms with Crippen LogP contribution in [0.15, 0.2) is 53.0 Å². The van der Waals surface area contributed by atoms with E-state index >= 15 is 0 Å². The summed E-state index contributed by atoms with van der Waals surface area (Å²) in [6, 6.07) is 13.5. The number of benzene rings is 2. The molecular formula is C21H22BrN3O6. The summed E-state index contributed by atoms with van der Waals surface area (Å²) < 4.78 is 10.8. The molecule has 0 aliphatic carbocycles. The zero-order valence-electron chi connectivity index (χ0n) is 16.8. The fourth-order valence-corrected chi connectivity index (χ4v) is 2.67. The highest BCUT2D eigenvalue weighted by Crippen LogP contribution is 2.23. The highest BCUT2D eigenvalue weighted by Gasteiger charge is 2.12. The Morgan fingerprint density at radius 2 is 1.61 bits per heavy atom. The number of rotatable bonds is 9. The molecule has 0 radical (unpaired) electrons. The van der Waals surface area contributed by atoms with Crippen LogP contribution in [-0.4, -0.2) is 37.4 Å². The largest absolute Gasteiger partial charge is 0.495 e. The molecule has 2 aromatic rings. The fourth-order valence-electron chi connectivity index (χ4n) is 2.41. The number of ether oxygens (including phenoxy) is 2. The Labute approximate surface area is 187 Å². The Morgan fingerprint density at radius 1 is 0.903 bits per heavy atom. The first-order valence-corrected chi connectivity index (χ1v) is 10.1. The van der Waals surface area contributed by atoms with Gasteiger partial charge in [0, 0.05) is 22.9 Å². The SMILES string of the molecule is COc1ccccc1NC(=O)CCCC(=O)OCC(=O)NNC(=O)c1ccc(Br)cc1. The quantitative estimate of drug-likeness (QED) is 0.365. The van der Waals surface area contributed by atoms with E-state index in [1.165, 1.54) is 7.11 Å². The first-order valence-electron chi connectivity index (χ1n) is 9.32. The van der Waals surface area contributed by atoms with Crippen LogP contribution < -0.4 is 20.9 Å². The van der Waals surface area contributed by atoms with E-state index < -0.39 is 24.4 Å². The van der Waals surface area contributed by atoms with E-state index in [0.29, 0.717) is 17.0 Å². The van der Waals surface area contributed by atoms with Crippen LogP contribution in [-0.2, 0) is 19.1 Å². The van der Waals surface area contributed by atoms with Crippen LogP contribution >= 0.6 is 15.9 Å². The number of hydrogen-bond acceptors (Lipinski definition) is 6. The summed E-state index contributed by atoms with van der Waals surface area (Å²) >= 11 is 3.26. The smallest absolute Gasteiger partial charge is 0.306 e. The minimum Gasteiger partial charge on any atom is -0.495 e. The van der Waals surface area contributed by atoms with Gasteiger partial charge in [0.15, 0.2) is 6.61 Å². The van der Waals surface area contributed by atoms with Crippen molar-refractivity contribution in [1.82, 2.24) is 10.9 Å². The molecule has 0 bridgehead atoms. The van der Waals surface area contributed by atoms with E-state index in [2.05, 4.69) is 32.1 Å². The molecular weight excluding hydrogens is 470 g/mol. The third kappa shape index (κ3) is 8.47. The molecule has 0 saturated carbocycles. The molecule has 2 aromatic carbocycles. The van der Waals surface area contributed by atoms with E-state index in [1.54, 1.807) is 48.5 Å². The Hall–Kier alpha value is -3.40. The lowest BCUT2D eigenvalue weighted by Gasteiger charge is -2.10. The maximum atomic E-state index is 12.0. The number of carbonyl (C=O) groups excluding carboxylic acids is 4. The summed E-state index contributed by atoms with van der Waals surface area (Å²) in [6.45, 7) is -0.549. The van der Waals surface area contributed by atoms with Crippen molar-refractivity contribution in [2.24, 2.45) is 0 Å². The molecule has 0 saturated heterocycles. The normalized spacial score (nSPS) is 10.0. The second-order valence-corrected chi connectivity index (χ2v) is 7.19. The predicted octanol–water partition coefficient (Wildman–Crippen LogP) is 2.57. The predicted molar refractivity (Wildman–Crippen MR) is 116 cm³/mol. The maximum Gasteiger partial charge on any atom is 0.306 e. The average Bonchev–Trinajstić information content (AvgIpc) is 2.76. The van der Waals surface area contributed by atoms with Crippen LogP contribution in [0.1, 0.15) is 29.6 Å². The van der Waals surface area contributed by atoms with Crippen molar-refractivity contribution in [2.45, 2.75) is 19.3 Å². The highest BCUT2D eigenvalue weighted by atomic mass is 79.9. The van der Waals surface area contributed by atoms with Crippen molar-refractivity contribution >= 4 is 45.3 Å². The Bertz CT molecular complexity index is 933. The van der Waals surface area contributed by atoms with Gasteiger partial charge in [0.1, 0.15) is 5.75 Å². The van der Waals surface area contributed by atoms with E-state index in [1.807, 2.05) is 0 Å². The van der Waals surface area contributed by atoms with Gasteiger partial charge in [-0.15, -0.1) is 0 Å². The fraction of sp³-hybridized carbons (Fsp3) is 0.238. The van der Waals surface area contributed by atoms with E-state index in [0.717, 1.165) is 4.47 Å². The second kappa shape index (κ2) is 12.3. The molecule has 2 rings (SSSR count). The van der Waals surface area contributed by atoms with Gasteiger partial charge in [0.05, 0.1) is 12.8 Å². The molecule has 0 aliphatic rings. The lowest BCUT2D eigenvalue weighted by atomic mass is 10.2. The van der Waals surface area contributed by atoms with Crippen LogP contribution in [0.4, 0.5) is 5.69 Å². The van der Waals surface area contributed by atoms with Crippen LogP contribution in [0, 0.1) is 0 Å². The third-order valence-electron chi connectivity index (χ3n) is 3.95. The van der Waals surface area contributed by atoms with Gasteiger partial charge in [-0.3, -0.25) is 30.0 Å². The number of anilines is 1. The van der Waals surface area contributed by atoms with Crippen molar-refractivity contribution in [2.75, 3.05) is 19.0 Å². The molecule has 0 fully saturated rings. The molecule has 31 heavy (non-hydrogen) atoms. The molecule has 0 unspecified atom stereocenters.